The van der Waals surface area contributed by atoms with Crippen molar-refractivity contribution in [3.8, 4) is 0 Å². The van der Waals surface area contributed by atoms with Crippen molar-refractivity contribution in [1.29, 1.82) is 0 Å². The predicted molar refractivity (Wildman–Crippen MR) is 113 cm³/mol. The highest BCUT2D eigenvalue weighted by molar-refractivity contribution is 5.82. The fraction of sp³-hybridized carbons (Fsp3) is 0.160. The molecule has 0 unspecified atom stereocenters. The van der Waals surface area contributed by atoms with Crippen LogP contribution in [0.4, 0.5) is 0 Å². The molecule has 3 rings (SSSR count). The predicted octanol–water partition coefficient (Wildman–Crippen LogP) is 5.04. The molecule has 3 aromatic carbocycles. The summed E-state index contributed by atoms with van der Waals surface area (Å²) in [6, 6.07) is 30.9. The molecule has 0 radical (unpaired) electrons. The van der Waals surface area contributed by atoms with Crippen molar-refractivity contribution in [3.63, 3.8) is 0 Å². The first-order valence-corrected chi connectivity index (χ1v) is 9.44. The number of ether oxygens (including phenoxy) is 1. The molecule has 0 saturated carbocycles. The zero-order valence-corrected chi connectivity index (χ0v) is 16.3. The van der Waals surface area contributed by atoms with Crippen LogP contribution in [0.2, 0.25) is 0 Å². The Bertz CT molecular complexity index is 822. The maximum atomic E-state index is 11.9. The molecule has 0 heterocycles. The zero-order chi connectivity index (χ0) is 19.8. The Morgan fingerprint density at radius 1 is 0.821 bits per heavy atom. The van der Waals surface area contributed by atoms with E-state index in [0.717, 1.165) is 22.4 Å². The van der Waals surface area contributed by atoms with Gasteiger partial charge >= 0.3 is 5.97 Å². The molecule has 0 fully saturated rings. The van der Waals surface area contributed by atoms with Crippen LogP contribution in [0.1, 0.15) is 30.0 Å². The molecule has 0 aromatic heterocycles. The van der Waals surface area contributed by atoms with Gasteiger partial charge < -0.3 is 10.1 Å². The number of esters is 1. The number of methoxy groups -OCH3 is 1. The first-order valence-electron chi connectivity index (χ1n) is 9.44. The SMILES string of the molecule is CC/C(=C\C(=O)OC)NC(c1ccccc1)(c1ccccc1)c1ccccc1. The van der Waals surface area contributed by atoms with Crippen LogP contribution in [-0.4, -0.2) is 13.1 Å². The molecule has 3 heteroatoms. The van der Waals surface area contributed by atoms with Crippen LogP contribution in [0.25, 0.3) is 0 Å². The molecule has 0 spiro atoms. The van der Waals surface area contributed by atoms with Crippen molar-refractivity contribution in [2.45, 2.75) is 18.9 Å². The van der Waals surface area contributed by atoms with E-state index in [2.05, 4.69) is 41.7 Å². The molecule has 0 aliphatic carbocycles. The number of nitrogens with one attached hydrogen (secondary N) is 1. The number of rotatable bonds is 7. The monoisotopic (exact) mass is 371 g/mol. The molecule has 3 aromatic rings. The minimum Gasteiger partial charge on any atom is -0.466 e. The lowest BCUT2D eigenvalue weighted by Crippen LogP contribution is -2.44. The number of carbonyl (C=O) groups excluding carboxylic acids is 1. The van der Waals surface area contributed by atoms with E-state index in [1.165, 1.54) is 13.2 Å². The van der Waals surface area contributed by atoms with Gasteiger partial charge in [-0.25, -0.2) is 4.79 Å². The maximum absolute atomic E-state index is 11.9. The lowest BCUT2D eigenvalue weighted by atomic mass is 9.76. The normalized spacial score (nSPS) is 11.7. The quantitative estimate of drug-likeness (QED) is 0.359. The van der Waals surface area contributed by atoms with Crippen LogP contribution < -0.4 is 5.32 Å². The molecule has 0 aliphatic rings. The van der Waals surface area contributed by atoms with Gasteiger partial charge in [-0.15, -0.1) is 0 Å². The third-order valence-electron chi connectivity index (χ3n) is 4.84. The third-order valence-corrected chi connectivity index (χ3v) is 4.84. The summed E-state index contributed by atoms with van der Waals surface area (Å²) >= 11 is 0. The minimum atomic E-state index is -0.639. The van der Waals surface area contributed by atoms with Gasteiger partial charge in [0, 0.05) is 11.8 Å². The fourth-order valence-electron chi connectivity index (χ4n) is 3.45. The fourth-order valence-corrected chi connectivity index (χ4v) is 3.45. The standard InChI is InChI=1S/C25H25NO2/c1-3-23(19-24(27)28-2)26-25(20-13-7-4-8-14-20,21-15-9-5-10-16-21)22-17-11-6-12-18-22/h4-19,26H,3H2,1-2H3/b23-19+. The van der Waals surface area contributed by atoms with E-state index in [0.29, 0.717) is 6.42 Å². The van der Waals surface area contributed by atoms with Gasteiger partial charge in [-0.3, -0.25) is 0 Å². The summed E-state index contributed by atoms with van der Waals surface area (Å²) in [4.78, 5) is 11.9. The molecule has 0 atom stereocenters. The average molecular weight is 371 g/mol. The zero-order valence-electron chi connectivity index (χ0n) is 16.3. The van der Waals surface area contributed by atoms with Crippen LogP contribution in [0.3, 0.4) is 0 Å². The van der Waals surface area contributed by atoms with Gasteiger partial charge in [-0.1, -0.05) is 97.9 Å². The minimum absolute atomic E-state index is 0.368. The highest BCUT2D eigenvalue weighted by Gasteiger charge is 2.36. The summed E-state index contributed by atoms with van der Waals surface area (Å²) in [6.07, 6.45) is 2.20. The number of hydrogen-bond donors (Lipinski definition) is 1. The van der Waals surface area contributed by atoms with Crippen LogP contribution >= 0.6 is 0 Å². The van der Waals surface area contributed by atoms with Crippen molar-refractivity contribution in [1.82, 2.24) is 5.32 Å². The Hall–Kier alpha value is -3.33. The Morgan fingerprint density at radius 3 is 1.54 bits per heavy atom. The molecule has 1 N–H and O–H groups in total. The van der Waals surface area contributed by atoms with Gasteiger partial charge in [0.25, 0.3) is 0 Å². The summed E-state index contributed by atoms with van der Waals surface area (Å²) in [7, 11) is 1.39. The highest BCUT2D eigenvalue weighted by atomic mass is 16.5. The van der Waals surface area contributed by atoms with E-state index in [1.54, 1.807) is 0 Å². The van der Waals surface area contributed by atoms with Crippen molar-refractivity contribution in [2.24, 2.45) is 0 Å². The lowest BCUT2D eigenvalue weighted by molar-refractivity contribution is -0.134. The van der Waals surface area contributed by atoms with Crippen molar-refractivity contribution in [2.75, 3.05) is 7.11 Å². The smallest absolute Gasteiger partial charge is 0.332 e. The summed E-state index contributed by atoms with van der Waals surface area (Å²) < 4.78 is 4.86. The first kappa shape index (κ1) is 19.4. The molecule has 0 saturated heterocycles. The number of allylic oxidation sites excluding steroid dienone is 1. The number of benzene rings is 3. The number of hydrogen-bond acceptors (Lipinski definition) is 3. The molecule has 28 heavy (non-hydrogen) atoms. The largest absolute Gasteiger partial charge is 0.466 e. The van der Waals surface area contributed by atoms with Gasteiger partial charge in [0.2, 0.25) is 0 Å². The van der Waals surface area contributed by atoms with E-state index in [1.807, 2.05) is 61.5 Å². The van der Waals surface area contributed by atoms with Crippen molar-refractivity contribution >= 4 is 5.97 Å². The molecule has 142 valence electrons. The Kier molecular flexibility index (Phi) is 6.28. The summed E-state index contributed by atoms with van der Waals surface area (Å²) in [5.74, 6) is -0.368. The number of carbonyl (C=O) groups is 1. The Balaban J connectivity index is 2.28. The van der Waals surface area contributed by atoms with E-state index in [4.69, 9.17) is 4.74 Å². The van der Waals surface area contributed by atoms with E-state index in [-0.39, 0.29) is 5.97 Å². The van der Waals surface area contributed by atoms with E-state index < -0.39 is 5.54 Å². The second-order valence-corrected chi connectivity index (χ2v) is 6.52. The summed E-state index contributed by atoms with van der Waals surface area (Å²) in [5.41, 5.74) is 3.45. The van der Waals surface area contributed by atoms with Crippen LogP contribution in [0.15, 0.2) is 103 Å². The second-order valence-electron chi connectivity index (χ2n) is 6.52. The molecule has 3 nitrogen and oxygen atoms in total. The molecule has 0 bridgehead atoms. The summed E-state index contributed by atoms with van der Waals surface area (Å²) in [5, 5.41) is 3.69. The van der Waals surface area contributed by atoms with E-state index in [9.17, 15) is 4.79 Å². The van der Waals surface area contributed by atoms with Crippen LogP contribution in [-0.2, 0) is 15.1 Å². The molecular formula is C25H25NO2. The highest BCUT2D eigenvalue weighted by Crippen LogP contribution is 2.37. The lowest BCUT2D eigenvalue weighted by Gasteiger charge is -2.38. The van der Waals surface area contributed by atoms with Crippen LogP contribution in [0.5, 0.6) is 0 Å². The first-order chi connectivity index (χ1) is 13.7. The van der Waals surface area contributed by atoms with E-state index >= 15 is 0 Å². The maximum Gasteiger partial charge on any atom is 0.332 e. The molecule has 0 aliphatic heterocycles. The summed E-state index contributed by atoms with van der Waals surface area (Å²) in [6.45, 7) is 2.02. The molecular weight excluding hydrogens is 346 g/mol. The van der Waals surface area contributed by atoms with Gasteiger partial charge in [-0.2, -0.15) is 0 Å². The van der Waals surface area contributed by atoms with Gasteiger partial charge in [-0.05, 0) is 23.1 Å². The van der Waals surface area contributed by atoms with Gasteiger partial charge in [0.1, 0.15) is 5.54 Å². The third kappa shape index (κ3) is 3.99. The topological polar surface area (TPSA) is 38.3 Å². The van der Waals surface area contributed by atoms with Crippen molar-refractivity contribution < 1.29 is 9.53 Å². The Labute approximate surface area is 166 Å². The second kappa shape index (κ2) is 9.05. The van der Waals surface area contributed by atoms with Gasteiger partial charge in [0.05, 0.1) is 7.11 Å². The average Bonchev–Trinajstić information content (AvgIpc) is 2.78. The van der Waals surface area contributed by atoms with Crippen molar-refractivity contribution in [3.05, 3.63) is 119 Å². The van der Waals surface area contributed by atoms with Gasteiger partial charge in [0.15, 0.2) is 0 Å². The molecule has 0 amide bonds. The Morgan fingerprint density at radius 2 is 1.21 bits per heavy atom. The van der Waals surface area contributed by atoms with Crippen LogP contribution in [0, 0.1) is 0 Å².